The van der Waals surface area contributed by atoms with Crippen molar-refractivity contribution >= 4 is 34.9 Å². The van der Waals surface area contributed by atoms with Crippen LogP contribution in [0.1, 0.15) is 56.0 Å². The van der Waals surface area contributed by atoms with E-state index in [1.807, 2.05) is 18.2 Å². The van der Waals surface area contributed by atoms with Gasteiger partial charge in [0.1, 0.15) is 0 Å². The van der Waals surface area contributed by atoms with Gasteiger partial charge in [-0.3, -0.25) is 4.98 Å². The van der Waals surface area contributed by atoms with E-state index >= 15 is 0 Å². The van der Waals surface area contributed by atoms with Gasteiger partial charge in [0.25, 0.3) is 5.89 Å². The van der Waals surface area contributed by atoms with Gasteiger partial charge < -0.3 is 10.3 Å². The summed E-state index contributed by atoms with van der Waals surface area (Å²) in [6.07, 6.45) is 6.41. The third-order valence-electron chi connectivity index (χ3n) is 5.38. The van der Waals surface area contributed by atoms with E-state index in [-0.39, 0.29) is 12.4 Å². The molecule has 1 aromatic carbocycles. The van der Waals surface area contributed by atoms with Crippen LogP contribution in [0, 0.1) is 0 Å². The molecule has 0 saturated heterocycles. The van der Waals surface area contributed by atoms with Gasteiger partial charge in [0.2, 0.25) is 0 Å². The van der Waals surface area contributed by atoms with Crippen molar-refractivity contribution in [2.24, 2.45) is 5.73 Å². The second kappa shape index (κ2) is 6.48. The molecule has 3 aromatic rings. The molecule has 2 aromatic heterocycles. The molecule has 0 aliphatic heterocycles. The van der Waals surface area contributed by atoms with E-state index < -0.39 is 5.54 Å². The number of rotatable bonds is 3. The fraction of sp³-hybridized carbons (Fsp3) is 0.421. The van der Waals surface area contributed by atoms with E-state index in [2.05, 4.69) is 16.2 Å². The average Bonchev–Trinajstić information content (AvgIpc) is 3.16. The van der Waals surface area contributed by atoms with Gasteiger partial charge in [-0.2, -0.15) is 4.98 Å². The Morgan fingerprint density at radius 1 is 1.12 bits per heavy atom. The molecule has 2 N–H and O–H groups in total. The lowest BCUT2D eigenvalue weighted by atomic mass is 9.98. The second-order valence-electron chi connectivity index (χ2n) is 7.32. The molecular weight excluding hydrogens is 371 g/mol. The van der Waals surface area contributed by atoms with Gasteiger partial charge in [-0.05, 0) is 49.9 Å². The summed E-state index contributed by atoms with van der Waals surface area (Å²) in [5.41, 5.74) is 8.92. The zero-order chi connectivity index (χ0) is 17.0. The van der Waals surface area contributed by atoms with Crippen LogP contribution in [0.5, 0.6) is 0 Å². The largest absolute Gasteiger partial charge is 0.334 e. The Hall–Kier alpha value is -1.69. The van der Waals surface area contributed by atoms with Crippen molar-refractivity contribution in [3.63, 3.8) is 0 Å². The highest BCUT2D eigenvalue weighted by atomic mass is 35.5. The molecule has 0 atom stereocenters. The summed E-state index contributed by atoms with van der Waals surface area (Å²) in [4.78, 5) is 9.45. The van der Waals surface area contributed by atoms with Crippen LogP contribution in [0.15, 0.2) is 28.8 Å². The molecule has 0 radical (unpaired) electrons. The van der Waals surface area contributed by atoms with Crippen LogP contribution in [0.4, 0.5) is 0 Å². The molecule has 0 spiro atoms. The highest BCUT2D eigenvalue weighted by Crippen LogP contribution is 2.42. The lowest BCUT2D eigenvalue weighted by Crippen LogP contribution is -2.34. The first-order valence-corrected chi connectivity index (χ1v) is 9.24. The maximum atomic E-state index is 6.48. The lowest BCUT2D eigenvalue weighted by molar-refractivity contribution is 0.373. The van der Waals surface area contributed by atoms with Crippen LogP contribution in [0.25, 0.3) is 22.4 Å². The van der Waals surface area contributed by atoms with Crippen LogP contribution < -0.4 is 5.73 Å². The van der Waals surface area contributed by atoms with Crippen LogP contribution in [0.3, 0.4) is 0 Å². The minimum atomic E-state index is -0.457. The fourth-order valence-electron chi connectivity index (χ4n) is 3.75. The number of hydrogen-bond donors (Lipinski definition) is 1. The predicted octanol–water partition coefficient (Wildman–Crippen LogP) is 4.97. The summed E-state index contributed by atoms with van der Waals surface area (Å²) in [6.45, 7) is 0. The van der Waals surface area contributed by atoms with Crippen molar-refractivity contribution in [3.05, 3.63) is 40.8 Å². The summed E-state index contributed by atoms with van der Waals surface area (Å²) < 4.78 is 5.62. The second-order valence-corrected chi connectivity index (χ2v) is 7.75. The number of benzene rings is 1. The van der Waals surface area contributed by atoms with Crippen LogP contribution >= 0.6 is 24.0 Å². The summed E-state index contributed by atoms with van der Waals surface area (Å²) in [5, 5.41) is 5.80. The van der Waals surface area contributed by atoms with Crippen LogP contribution in [-0.4, -0.2) is 15.1 Å². The third-order valence-corrected chi connectivity index (χ3v) is 5.62. The number of halogens is 2. The molecule has 0 amide bonds. The smallest absolute Gasteiger partial charge is 0.258 e. The molecule has 0 unspecified atom stereocenters. The normalized spacial score (nSPS) is 18.8. The van der Waals surface area contributed by atoms with E-state index in [1.54, 1.807) is 0 Å². The molecule has 0 bridgehead atoms. The molecule has 136 valence electrons. The minimum absolute atomic E-state index is 0. The standard InChI is InChI=1S/C19H19ClN4O.ClH/c20-12-5-6-15-13(9-12)14(10-16(22-15)11-3-4-11)17-23-18(24-25-17)19(21)7-1-2-8-19;/h5-6,9-11H,1-4,7-8,21H2;1H. The Morgan fingerprint density at radius 3 is 2.62 bits per heavy atom. The van der Waals surface area contributed by atoms with Crippen molar-refractivity contribution < 1.29 is 4.52 Å². The average molecular weight is 391 g/mol. The van der Waals surface area contributed by atoms with Crippen molar-refractivity contribution in [3.8, 4) is 11.5 Å². The number of nitrogens with zero attached hydrogens (tertiary/aromatic N) is 3. The number of hydrogen-bond acceptors (Lipinski definition) is 5. The minimum Gasteiger partial charge on any atom is -0.334 e. The molecule has 2 saturated carbocycles. The summed E-state index contributed by atoms with van der Waals surface area (Å²) >= 11 is 6.21. The van der Waals surface area contributed by atoms with Crippen LogP contribution in [0.2, 0.25) is 5.02 Å². The number of aromatic nitrogens is 3. The number of fused-ring (bicyclic) bond motifs is 1. The quantitative estimate of drug-likeness (QED) is 0.682. The van der Waals surface area contributed by atoms with E-state index in [9.17, 15) is 0 Å². The highest BCUT2D eigenvalue weighted by Gasteiger charge is 2.36. The number of pyridine rings is 1. The van der Waals surface area contributed by atoms with E-state index in [4.69, 9.17) is 26.8 Å². The van der Waals surface area contributed by atoms with Crippen molar-refractivity contribution in [1.82, 2.24) is 15.1 Å². The van der Waals surface area contributed by atoms with Crippen LogP contribution in [-0.2, 0) is 5.54 Å². The maximum Gasteiger partial charge on any atom is 0.258 e. The van der Waals surface area contributed by atoms with E-state index in [1.165, 1.54) is 12.8 Å². The lowest BCUT2D eigenvalue weighted by Gasteiger charge is -2.17. The molecule has 2 heterocycles. The number of nitrogens with two attached hydrogens (primary N) is 1. The SMILES string of the molecule is Cl.NC1(c2noc(-c3cc(C4CC4)nc4ccc(Cl)cc34)n2)CCCC1. The van der Waals surface area contributed by atoms with Gasteiger partial charge in [0.05, 0.1) is 16.6 Å². The van der Waals surface area contributed by atoms with Crippen molar-refractivity contribution in [2.45, 2.75) is 50.0 Å². The third kappa shape index (κ3) is 2.98. The Labute approximate surface area is 162 Å². The summed E-state index contributed by atoms with van der Waals surface area (Å²) in [7, 11) is 0. The van der Waals surface area contributed by atoms with Crippen molar-refractivity contribution in [1.29, 1.82) is 0 Å². The molecule has 2 aliphatic rings. The zero-order valence-electron chi connectivity index (χ0n) is 14.2. The highest BCUT2D eigenvalue weighted by molar-refractivity contribution is 6.31. The van der Waals surface area contributed by atoms with Gasteiger partial charge in [-0.25, -0.2) is 0 Å². The van der Waals surface area contributed by atoms with Gasteiger partial charge in [-0.15, -0.1) is 12.4 Å². The molecule has 5 rings (SSSR count). The van der Waals surface area contributed by atoms with Gasteiger partial charge in [-0.1, -0.05) is 29.6 Å². The Morgan fingerprint density at radius 2 is 1.88 bits per heavy atom. The maximum absolute atomic E-state index is 6.48. The Kier molecular flexibility index (Phi) is 4.41. The monoisotopic (exact) mass is 390 g/mol. The topological polar surface area (TPSA) is 77.8 Å². The first kappa shape index (κ1) is 17.7. The van der Waals surface area contributed by atoms with Gasteiger partial charge >= 0.3 is 0 Å². The molecule has 26 heavy (non-hydrogen) atoms. The first-order valence-electron chi connectivity index (χ1n) is 8.86. The molecule has 7 heteroatoms. The Balaban J connectivity index is 0.00000168. The first-order chi connectivity index (χ1) is 12.1. The Bertz CT molecular complexity index is 961. The van der Waals surface area contributed by atoms with Gasteiger partial charge in [0.15, 0.2) is 5.82 Å². The molecule has 2 fully saturated rings. The van der Waals surface area contributed by atoms with E-state index in [0.717, 1.165) is 47.8 Å². The van der Waals surface area contributed by atoms with E-state index in [0.29, 0.717) is 22.7 Å². The predicted molar refractivity (Wildman–Crippen MR) is 104 cm³/mol. The molecule has 5 nitrogen and oxygen atoms in total. The van der Waals surface area contributed by atoms with Crippen molar-refractivity contribution in [2.75, 3.05) is 0 Å². The fourth-order valence-corrected chi connectivity index (χ4v) is 3.92. The summed E-state index contributed by atoms with van der Waals surface area (Å²) in [6, 6.07) is 7.80. The molecular formula is C19H20Cl2N4O. The zero-order valence-corrected chi connectivity index (χ0v) is 15.8. The summed E-state index contributed by atoms with van der Waals surface area (Å²) in [5.74, 6) is 1.65. The molecule has 2 aliphatic carbocycles. The van der Waals surface area contributed by atoms with Gasteiger partial charge in [0, 0.05) is 22.0 Å².